The highest BCUT2D eigenvalue weighted by Crippen LogP contribution is 2.30. The highest BCUT2D eigenvalue weighted by molar-refractivity contribution is 7.14. The fourth-order valence-electron chi connectivity index (χ4n) is 3.60. The Morgan fingerprint density at radius 1 is 1.21 bits per heavy atom. The molecule has 0 radical (unpaired) electrons. The van der Waals surface area contributed by atoms with E-state index in [2.05, 4.69) is 13.8 Å². The van der Waals surface area contributed by atoms with Crippen LogP contribution in [0.5, 0.6) is 0 Å². The van der Waals surface area contributed by atoms with Gasteiger partial charge in [0.25, 0.3) is 5.91 Å². The molecule has 5 nitrogen and oxygen atoms in total. The Labute approximate surface area is 174 Å². The third kappa shape index (κ3) is 4.24. The van der Waals surface area contributed by atoms with Crippen molar-refractivity contribution in [2.24, 2.45) is 0 Å². The van der Waals surface area contributed by atoms with Gasteiger partial charge in [-0.25, -0.2) is 4.79 Å². The van der Waals surface area contributed by atoms with Crippen LogP contribution in [0.25, 0.3) is 0 Å². The summed E-state index contributed by atoms with van der Waals surface area (Å²) in [6.07, 6.45) is 0.933. The van der Waals surface area contributed by atoms with Gasteiger partial charge >= 0.3 is 5.97 Å². The number of aryl methyl sites for hydroxylation is 2. The summed E-state index contributed by atoms with van der Waals surface area (Å²) in [5, 5.41) is 0.539. The van der Waals surface area contributed by atoms with Crippen LogP contribution in [0.2, 0.25) is 5.02 Å². The minimum absolute atomic E-state index is 0.0693. The van der Waals surface area contributed by atoms with Gasteiger partial charge in [0.2, 0.25) is 0 Å². The van der Waals surface area contributed by atoms with Gasteiger partial charge in [0.15, 0.2) is 0 Å². The van der Waals surface area contributed by atoms with Crippen molar-refractivity contribution >= 4 is 34.8 Å². The molecule has 1 amide bonds. The van der Waals surface area contributed by atoms with Gasteiger partial charge in [-0.3, -0.25) is 9.69 Å². The predicted octanol–water partition coefficient (Wildman–Crippen LogP) is 3.94. The molecule has 1 saturated heterocycles. The van der Waals surface area contributed by atoms with Gasteiger partial charge in [-0.1, -0.05) is 36.7 Å². The maximum Gasteiger partial charge on any atom is 0.327 e. The lowest BCUT2D eigenvalue weighted by atomic mass is 10.0. The molecule has 1 aliphatic rings. The van der Waals surface area contributed by atoms with Gasteiger partial charge in [-0.05, 0) is 36.6 Å². The fourth-order valence-corrected chi connectivity index (χ4v) is 4.92. The summed E-state index contributed by atoms with van der Waals surface area (Å²) >= 11 is 7.89. The minimum Gasteiger partial charge on any atom is -0.468 e. The molecule has 1 aliphatic heterocycles. The molecule has 0 spiro atoms. The summed E-state index contributed by atoms with van der Waals surface area (Å²) in [7, 11) is 1.39. The summed E-state index contributed by atoms with van der Waals surface area (Å²) in [6, 6.07) is 8.77. The van der Waals surface area contributed by atoms with E-state index in [1.807, 2.05) is 34.1 Å². The Hall–Kier alpha value is -1.89. The maximum atomic E-state index is 12.9. The summed E-state index contributed by atoms with van der Waals surface area (Å²) in [5.74, 6) is -0.269. The number of piperazine rings is 1. The number of carbonyl (C=O) groups is 2. The minimum atomic E-state index is -0.563. The van der Waals surface area contributed by atoms with Crippen molar-refractivity contribution in [1.29, 1.82) is 0 Å². The van der Waals surface area contributed by atoms with Crippen molar-refractivity contribution in [2.45, 2.75) is 26.3 Å². The first-order valence-corrected chi connectivity index (χ1v) is 10.6. The number of halogens is 1. The van der Waals surface area contributed by atoms with Crippen LogP contribution in [0, 0.1) is 6.92 Å². The summed E-state index contributed by atoms with van der Waals surface area (Å²) < 4.78 is 5.03. The van der Waals surface area contributed by atoms with E-state index in [0.717, 1.165) is 16.9 Å². The van der Waals surface area contributed by atoms with E-state index in [9.17, 15) is 9.59 Å². The van der Waals surface area contributed by atoms with Crippen LogP contribution in [0.4, 0.5) is 0 Å². The zero-order valence-corrected chi connectivity index (χ0v) is 18.0. The van der Waals surface area contributed by atoms with Crippen LogP contribution < -0.4 is 0 Å². The second-order valence-corrected chi connectivity index (χ2v) is 8.48. The standard InChI is InChI=1S/C21H25ClN2O3S/c1-4-15-13-18(28-14(15)2)20(25)24-11-9-23(10-12-24)19(21(26)27-3)16-7-5-6-8-17(16)22/h5-8,13,19H,4,9-12H2,1-3H3/t19-/m1/s1. The van der Waals surface area contributed by atoms with Crippen LogP contribution in [0.15, 0.2) is 30.3 Å². The SMILES string of the molecule is CCc1cc(C(=O)N2CCN([C@@H](C(=O)OC)c3ccccc3Cl)CC2)sc1C. The fraction of sp³-hybridized carbons (Fsp3) is 0.429. The van der Waals surface area contributed by atoms with Crippen molar-refractivity contribution in [3.8, 4) is 0 Å². The third-order valence-corrected chi connectivity index (χ3v) is 6.63. The predicted molar refractivity (Wildman–Crippen MR) is 112 cm³/mol. The summed E-state index contributed by atoms with van der Waals surface area (Å²) in [5.41, 5.74) is 1.97. The van der Waals surface area contributed by atoms with E-state index in [-0.39, 0.29) is 11.9 Å². The number of ether oxygens (including phenoxy) is 1. The molecule has 150 valence electrons. The number of carbonyl (C=O) groups excluding carboxylic acids is 2. The van der Waals surface area contributed by atoms with Crippen molar-refractivity contribution in [1.82, 2.24) is 9.80 Å². The van der Waals surface area contributed by atoms with Crippen molar-refractivity contribution in [3.05, 3.63) is 56.2 Å². The molecule has 1 aromatic carbocycles. The van der Waals surface area contributed by atoms with Gasteiger partial charge in [-0.2, -0.15) is 0 Å². The normalized spacial score (nSPS) is 16.1. The average Bonchev–Trinajstić information content (AvgIpc) is 3.10. The molecule has 7 heteroatoms. The topological polar surface area (TPSA) is 49.9 Å². The maximum absolute atomic E-state index is 12.9. The molecule has 0 aliphatic carbocycles. The Morgan fingerprint density at radius 3 is 2.46 bits per heavy atom. The van der Waals surface area contributed by atoms with Crippen molar-refractivity contribution in [3.63, 3.8) is 0 Å². The van der Waals surface area contributed by atoms with Gasteiger partial charge in [0, 0.05) is 36.1 Å². The summed E-state index contributed by atoms with van der Waals surface area (Å²) in [6.45, 7) is 6.46. The molecular weight excluding hydrogens is 396 g/mol. The molecule has 28 heavy (non-hydrogen) atoms. The highest BCUT2D eigenvalue weighted by atomic mass is 35.5. The van der Waals surface area contributed by atoms with Crippen molar-refractivity contribution in [2.75, 3.05) is 33.3 Å². The van der Waals surface area contributed by atoms with E-state index in [0.29, 0.717) is 31.2 Å². The highest BCUT2D eigenvalue weighted by Gasteiger charge is 2.34. The number of nitrogens with zero attached hydrogens (tertiary/aromatic N) is 2. The monoisotopic (exact) mass is 420 g/mol. The second kappa shape index (κ2) is 9.07. The van der Waals surface area contributed by atoms with Crippen LogP contribution in [0.3, 0.4) is 0 Å². The number of methoxy groups -OCH3 is 1. The largest absolute Gasteiger partial charge is 0.468 e. The molecule has 1 atom stereocenters. The lowest BCUT2D eigenvalue weighted by Crippen LogP contribution is -2.51. The lowest BCUT2D eigenvalue weighted by molar-refractivity contribution is -0.148. The molecule has 0 saturated carbocycles. The molecule has 0 bridgehead atoms. The van der Waals surface area contributed by atoms with E-state index < -0.39 is 6.04 Å². The van der Waals surface area contributed by atoms with E-state index in [4.69, 9.17) is 16.3 Å². The molecule has 2 heterocycles. The van der Waals surface area contributed by atoms with Gasteiger partial charge in [0.1, 0.15) is 6.04 Å². The van der Waals surface area contributed by atoms with Crippen LogP contribution in [-0.2, 0) is 16.0 Å². The summed E-state index contributed by atoms with van der Waals surface area (Å²) in [4.78, 5) is 31.2. The second-order valence-electron chi connectivity index (χ2n) is 6.82. The molecule has 0 N–H and O–H groups in total. The Kier molecular flexibility index (Phi) is 6.75. The Balaban J connectivity index is 1.72. The van der Waals surface area contributed by atoms with Gasteiger partial charge in [-0.15, -0.1) is 11.3 Å². The first-order chi connectivity index (χ1) is 13.5. The molecule has 1 fully saturated rings. The number of rotatable bonds is 5. The van der Waals surface area contributed by atoms with Gasteiger partial charge in [0.05, 0.1) is 12.0 Å². The van der Waals surface area contributed by atoms with Gasteiger partial charge < -0.3 is 9.64 Å². The van der Waals surface area contributed by atoms with Crippen LogP contribution in [-0.4, -0.2) is 55.0 Å². The first-order valence-electron chi connectivity index (χ1n) is 9.41. The smallest absolute Gasteiger partial charge is 0.327 e. The van der Waals surface area contributed by atoms with Crippen LogP contribution >= 0.6 is 22.9 Å². The Morgan fingerprint density at radius 2 is 1.89 bits per heavy atom. The number of thiophene rings is 1. The first kappa shape index (κ1) is 20.8. The van der Waals surface area contributed by atoms with E-state index in [1.165, 1.54) is 17.6 Å². The van der Waals surface area contributed by atoms with Crippen molar-refractivity contribution < 1.29 is 14.3 Å². The van der Waals surface area contributed by atoms with E-state index in [1.54, 1.807) is 17.4 Å². The molecule has 2 aromatic rings. The quantitative estimate of drug-likeness (QED) is 0.687. The average molecular weight is 421 g/mol. The molecule has 3 rings (SSSR count). The number of esters is 1. The number of benzene rings is 1. The van der Waals surface area contributed by atoms with E-state index >= 15 is 0 Å². The zero-order valence-electron chi connectivity index (χ0n) is 16.4. The molecular formula is C21H25ClN2O3S. The number of amides is 1. The number of hydrogen-bond donors (Lipinski definition) is 0. The third-order valence-electron chi connectivity index (χ3n) is 5.20. The zero-order chi connectivity index (χ0) is 20.3. The van der Waals surface area contributed by atoms with Crippen LogP contribution in [0.1, 0.15) is 38.6 Å². The molecule has 1 aromatic heterocycles. The molecule has 0 unspecified atom stereocenters. The Bertz CT molecular complexity index is 859. The number of hydrogen-bond acceptors (Lipinski definition) is 5. The lowest BCUT2D eigenvalue weighted by Gasteiger charge is -2.38.